The van der Waals surface area contributed by atoms with Crippen LogP contribution in [0.3, 0.4) is 0 Å². The molecule has 13 heavy (non-hydrogen) atoms. The summed E-state index contributed by atoms with van der Waals surface area (Å²) in [5.41, 5.74) is 0. The van der Waals surface area contributed by atoms with E-state index in [-0.39, 0.29) is 10.6 Å². The lowest BCUT2D eigenvalue weighted by Crippen LogP contribution is -1.96. The second-order valence-corrected chi connectivity index (χ2v) is 4.43. The smallest absolute Gasteiger partial charge is 0.175 e. The quantitative estimate of drug-likeness (QED) is 0.543. The molecule has 0 aromatic heterocycles. The zero-order valence-corrected chi connectivity index (χ0v) is 7.61. The van der Waals surface area contributed by atoms with E-state index in [1.807, 2.05) is 0 Å². The first-order valence-corrected chi connectivity index (χ1v) is 5.23. The molecule has 1 aromatic carbocycles. The lowest BCUT2D eigenvalue weighted by molar-refractivity contribution is 0.334. The van der Waals surface area contributed by atoms with Crippen LogP contribution >= 0.6 is 0 Å². The van der Waals surface area contributed by atoms with Crippen LogP contribution in [0, 0.1) is 4.91 Å². The third-order valence-electron chi connectivity index (χ3n) is 1.39. The molecular formula is C7H7NO4S. The molecule has 0 radical (unpaired) electrons. The Balaban J connectivity index is 3.01. The fourth-order valence-electron chi connectivity index (χ4n) is 0.791. The highest BCUT2D eigenvalue weighted by atomic mass is 32.2. The molecule has 0 heterocycles. The molecule has 5 nitrogen and oxygen atoms in total. The van der Waals surface area contributed by atoms with Crippen molar-refractivity contribution in [2.75, 3.05) is 6.26 Å². The summed E-state index contributed by atoms with van der Waals surface area (Å²) in [5, 5.41) is 2.20. The van der Waals surface area contributed by atoms with Crippen LogP contribution in [-0.2, 0) is 9.84 Å². The van der Waals surface area contributed by atoms with E-state index in [4.69, 9.17) is 0 Å². The van der Waals surface area contributed by atoms with Gasteiger partial charge < -0.3 is 4.84 Å². The SMILES string of the molecule is CS(=O)(=O)c1ccc(ON=O)cc1. The topological polar surface area (TPSA) is 72.8 Å². The Hall–Kier alpha value is -1.43. The van der Waals surface area contributed by atoms with Gasteiger partial charge >= 0.3 is 0 Å². The van der Waals surface area contributed by atoms with Crippen molar-refractivity contribution in [3.05, 3.63) is 29.2 Å². The standard InChI is InChI=1S/C7H7NO4S/c1-13(10,11)7-4-2-6(3-5-7)12-8-9/h2-5H,1H3. The predicted octanol–water partition coefficient (Wildman–Crippen LogP) is 1.15. The van der Waals surface area contributed by atoms with E-state index in [2.05, 4.69) is 10.2 Å². The zero-order valence-electron chi connectivity index (χ0n) is 6.80. The Labute approximate surface area is 75.2 Å². The summed E-state index contributed by atoms with van der Waals surface area (Å²) >= 11 is 0. The number of sulfone groups is 1. The maximum Gasteiger partial charge on any atom is 0.175 e. The van der Waals surface area contributed by atoms with Gasteiger partial charge in [0.1, 0.15) is 0 Å². The van der Waals surface area contributed by atoms with Gasteiger partial charge in [-0.15, -0.1) is 4.91 Å². The summed E-state index contributed by atoms with van der Waals surface area (Å²) in [6.07, 6.45) is 1.10. The van der Waals surface area contributed by atoms with Gasteiger partial charge in [-0.1, -0.05) is 0 Å². The molecule has 0 saturated heterocycles. The highest BCUT2D eigenvalue weighted by Crippen LogP contribution is 2.15. The summed E-state index contributed by atoms with van der Waals surface area (Å²) in [6, 6.07) is 5.40. The third kappa shape index (κ3) is 2.51. The van der Waals surface area contributed by atoms with Gasteiger partial charge in [0.2, 0.25) is 0 Å². The molecule has 6 heteroatoms. The summed E-state index contributed by atoms with van der Waals surface area (Å²) < 4.78 is 22.0. The van der Waals surface area contributed by atoms with Gasteiger partial charge in [0, 0.05) is 6.26 Å². The summed E-state index contributed by atoms with van der Waals surface area (Å²) in [6.45, 7) is 0. The number of nitrogens with zero attached hydrogens (tertiary/aromatic N) is 1. The largest absolute Gasteiger partial charge is 0.324 e. The molecule has 1 aromatic rings. The van der Waals surface area contributed by atoms with Crippen LogP contribution in [0.2, 0.25) is 0 Å². The minimum absolute atomic E-state index is 0.172. The molecule has 0 aliphatic carbocycles. The number of hydrogen-bond donors (Lipinski definition) is 0. The summed E-state index contributed by atoms with van der Waals surface area (Å²) in [5.74, 6) is 0.211. The average Bonchev–Trinajstić information content (AvgIpc) is 2.04. The summed E-state index contributed by atoms with van der Waals surface area (Å²) in [4.78, 5) is 14.1. The van der Waals surface area contributed by atoms with Gasteiger partial charge in [-0.25, -0.2) is 8.42 Å². The van der Waals surface area contributed by atoms with Crippen LogP contribution in [0.5, 0.6) is 5.75 Å². The van der Waals surface area contributed by atoms with E-state index in [1.165, 1.54) is 24.3 Å². The highest BCUT2D eigenvalue weighted by Gasteiger charge is 2.06. The van der Waals surface area contributed by atoms with Gasteiger partial charge in [0.25, 0.3) is 0 Å². The molecule has 0 aliphatic rings. The molecule has 0 saturated carbocycles. The van der Waals surface area contributed by atoms with Crippen molar-refractivity contribution in [2.24, 2.45) is 5.34 Å². The van der Waals surface area contributed by atoms with E-state index >= 15 is 0 Å². The van der Waals surface area contributed by atoms with Crippen LogP contribution in [0.1, 0.15) is 0 Å². The third-order valence-corrected chi connectivity index (χ3v) is 2.52. The Morgan fingerprint density at radius 2 is 1.77 bits per heavy atom. The fraction of sp³-hybridized carbons (Fsp3) is 0.143. The van der Waals surface area contributed by atoms with Gasteiger partial charge in [-0.05, 0) is 24.3 Å². The van der Waals surface area contributed by atoms with E-state index in [9.17, 15) is 13.3 Å². The molecule has 0 atom stereocenters. The Kier molecular flexibility index (Phi) is 2.62. The fourth-order valence-corrected chi connectivity index (χ4v) is 1.42. The number of rotatable bonds is 3. The van der Waals surface area contributed by atoms with E-state index in [0.29, 0.717) is 0 Å². The van der Waals surface area contributed by atoms with Gasteiger partial charge in [0.15, 0.2) is 20.9 Å². The Bertz CT molecular complexity index is 395. The van der Waals surface area contributed by atoms with Crippen LogP contribution in [0.25, 0.3) is 0 Å². The average molecular weight is 201 g/mol. The second kappa shape index (κ2) is 3.53. The number of hydrogen-bond acceptors (Lipinski definition) is 5. The predicted molar refractivity (Wildman–Crippen MR) is 46.0 cm³/mol. The van der Waals surface area contributed by atoms with Crippen molar-refractivity contribution in [3.63, 3.8) is 0 Å². The first-order valence-electron chi connectivity index (χ1n) is 3.34. The summed E-state index contributed by atoms with van der Waals surface area (Å²) in [7, 11) is -3.20. The van der Waals surface area contributed by atoms with Crippen LogP contribution in [0.4, 0.5) is 0 Å². The van der Waals surface area contributed by atoms with Crippen molar-refractivity contribution in [3.8, 4) is 5.75 Å². The second-order valence-electron chi connectivity index (χ2n) is 2.41. The van der Waals surface area contributed by atoms with Crippen molar-refractivity contribution in [1.82, 2.24) is 0 Å². The molecule has 0 unspecified atom stereocenters. The first-order chi connectivity index (χ1) is 6.04. The lowest BCUT2D eigenvalue weighted by atomic mass is 10.3. The molecule has 0 amide bonds. The maximum atomic E-state index is 11.0. The van der Waals surface area contributed by atoms with E-state index in [1.54, 1.807) is 0 Å². The lowest BCUT2D eigenvalue weighted by Gasteiger charge is -1.98. The normalized spacial score (nSPS) is 10.8. The Morgan fingerprint density at radius 3 is 2.15 bits per heavy atom. The molecule has 0 N–H and O–H groups in total. The number of benzene rings is 1. The zero-order chi connectivity index (χ0) is 9.90. The molecule has 0 fully saturated rings. The minimum Gasteiger partial charge on any atom is -0.324 e. The van der Waals surface area contributed by atoms with Crippen molar-refractivity contribution in [1.29, 1.82) is 0 Å². The van der Waals surface area contributed by atoms with Crippen LogP contribution in [0.15, 0.2) is 34.5 Å². The molecule has 0 bridgehead atoms. The van der Waals surface area contributed by atoms with Crippen molar-refractivity contribution >= 4 is 9.84 Å². The monoisotopic (exact) mass is 201 g/mol. The molecule has 1 rings (SSSR count). The molecule has 70 valence electrons. The van der Waals surface area contributed by atoms with Crippen molar-refractivity contribution in [2.45, 2.75) is 4.90 Å². The van der Waals surface area contributed by atoms with Gasteiger partial charge in [0.05, 0.1) is 4.90 Å². The molecular weight excluding hydrogens is 194 g/mol. The maximum absolute atomic E-state index is 11.0. The first kappa shape index (κ1) is 9.66. The van der Waals surface area contributed by atoms with Crippen LogP contribution < -0.4 is 4.84 Å². The van der Waals surface area contributed by atoms with Crippen LogP contribution in [-0.4, -0.2) is 14.7 Å². The Morgan fingerprint density at radius 1 is 1.23 bits per heavy atom. The van der Waals surface area contributed by atoms with E-state index in [0.717, 1.165) is 6.26 Å². The molecule has 0 spiro atoms. The molecule has 0 aliphatic heterocycles. The van der Waals surface area contributed by atoms with Crippen molar-refractivity contribution < 1.29 is 13.3 Å². The minimum atomic E-state index is -3.20. The highest BCUT2D eigenvalue weighted by molar-refractivity contribution is 7.90. The van der Waals surface area contributed by atoms with E-state index < -0.39 is 9.84 Å². The van der Waals surface area contributed by atoms with Gasteiger partial charge in [-0.2, -0.15) is 0 Å². The van der Waals surface area contributed by atoms with Gasteiger partial charge in [-0.3, -0.25) is 0 Å².